The number of hydrogen-bond donors (Lipinski definition) is 1. The molecule has 1 unspecified atom stereocenters. The van der Waals surface area contributed by atoms with E-state index in [4.69, 9.17) is 0 Å². The molecule has 0 saturated heterocycles. The lowest BCUT2D eigenvalue weighted by molar-refractivity contribution is -0.143. The monoisotopic (exact) mass is 321 g/mol. The zero-order valence-electron chi connectivity index (χ0n) is 13.8. The summed E-state index contributed by atoms with van der Waals surface area (Å²) in [7, 11) is 2.73. The van der Waals surface area contributed by atoms with Crippen LogP contribution in [0.15, 0.2) is 24.3 Å². The molecule has 1 aliphatic heterocycles. The van der Waals surface area contributed by atoms with Gasteiger partial charge in [0.15, 0.2) is 0 Å². The summed E-state index contributed by atoms with van der Waals surface area (Å²) < 4.78 is 8.92. The molecule has 0 fully saturated rings. The highest BCUT2D eigenvalue weighted by Gasteiger charge is 2.28. The Bertz CT molecular complexity index is 556. The van der Waals surface area contributed by atoms with Crippen LogP contribution < -0.4 is 5.32 Å². The van der Waals surface area contributed by atoms with Crippen LogP contribution >= 0.6 is 0 Å². The van der Waals surface area contributed by atoms with Crippen molar-refractivity contribution < 1.29 is 23.9 Å². The topological polar surface area (TPSA) is 81.7 Å². The Labute approximate surface area is 136 Å². The van der Waals surface area contributed by atoms with Crippen LogP contribution in [-0.4, -0.2) is 32.1 Å². The first-order valence-electron chi connectivity index (χ1n) is 7.54. The van der Waals surface area contributed by atoms with Gasteiger partial charge in [-0.3, -0.25) is 14.4 Å². The van der Waals surface area contributed by atoms with E-state index in [2.05, 4.69) is 14.8 Å². The van der Waals surface area contributed by atoms with E-state index < -0.39 is 0 Å². The van der Waals surface area contributed by atoms with Crippen LogP contribution in [0.1, 0.15) is 31.7 Å². The molecule has 1 atom stereocenters. The molecule has 1 aromatic rings. The second-order valence-electron chi connectivity index (χ2n) is 5.15. The Balaban J connectivity index is 0.000000322. The Morgan fingerprint density at radius 1 is 1.17 bits per heavy atom. The van der Waals surface area contributed by atoms with Gasteiger partial charge in [-0.25, -0.2) is 0 Å². The Morgan fingerprint density at radius 2 is 1.83 bits per heavy atom. The number of amides is 1. The average molecular weight is 321 g/mol. The van der Waals surface area contributed by atoms with Gasteiger partial charge >= 0.3 is 11.9 Å². The van der Waals surface area contributed by atoms with Crippen LogP contribution in [0.4, 0.5) is 5.69 Å². The van der Waals surface area contributed by atoms with E-state index >= 15 is 0 Å². The zero-order valence-corrected chi connectivity index (χ0v) is 13.8. The first-order valence-corrected chi connectivity index (χ1v) is 7.54. The average Bonchev–Trinajstić information content (AvgIpc) is 2.56. The predicted octanol–water partition coefficient (Wildman–Crippen LogP) is 2.32. The van der Waals surface area contributed by atoms with Crippen molar-refractivity contribution in [2.24, 2.45) is 5.92 Å². The number of nitrogens with one attached hydrogen (secondary N) is 1. The first-order chi connectivity index (χ1) is 11.0. The van der Waals surface area contributed by atoms with Crippen LogP contribution in [0.2, 0.25) is 0 Å². The lowest BCUT2D eigenvalue weighted by Gasteiger charge is -2.23. The quantitative estimate of drug-likeness (QED) is 0.861. The molecular weight excluding hydrogens is 298 g/mol. The van der Waals surface area contributed by atoms with Crippen LogP contribution in [0, 0.1) is 5.92 Å². The van der Waals surface area contributed by atoms with E-state index in [0.717, 1.165) is 17.7 Å². The third-order valence-corrected chi connectivity index (χ3v) is 3.43. The van der Waals surface area contributed by atoms with E-state index in [9.17, 15) is 14.4 Å². The molecule has 23 heavy (non-hydrogen) atoms. The smallest absolute Gasteiger partial charge is 0.306 e. The van der Waals surface area contributed by atoms with Crippen molar-refractivity contribution in [1.82, 2.24) is 0 Å². The van der Waals surface area contributed by atoms with Crippen LogP contribution in [0.5, 0.6) is 0 Å². The number of fused-ring (bicyclic) bond motifs is 1. The molecule has 1 N–H and O–H groups in total. The summed E-state index contributed by atoms with van der Waals surface area (Å²) in [5, 5.41) is 2.79. The number of anilines is 1. The van der Waals surface area contributed by atoms with Crippen molar-refractivity contribution in [3.63, 3.8) is 0 Å². The summed E-state index contributed by atoms with van der Waals surface area (Å²) in [5.74, 6) is -0.895. The maximum atomic E-state index is 11.7. The molecule has 1 aromatic carbocycles. The summed E-state index contributed by atoms with van der Waals surface area (Å²) in [4.78, 5) is 33.0. The van der Waals surface area contributed by atoms with Gasteiger partial charge in [0.25, 0.3) is 0 Å². The van der Waals surface area contributed by atoms with Gasteiger partial charge in [0.1, 0.15) is 0 Å². The molecule has 1 amide bonds. The fourth-order valence-electron chi connectivity index (χ4n) is 2.17. The van der Waals surface area contributed by atoms with E-state index in [1.54, 1.807) is 0 Å². The molecular formula is C17H23NO5. The number of hydrogen-bond acceptors (Lipinski definition) is 5. The van der Waals surface area contributed by atoms with Gasteiger partial charge in [0, 0.05) is 12.1 Å². The molecule has 0 spiro atoms. The number of ether oxygens (including phenoxy) is 2. The highest BCUT2D eigenvalue weighted by atomic mass is 16.5. The lowest BCUT2D eigenvalue weighted by atomic mass is 9.91. The van der Waals surface area contributed by atoms with Gasteiger partial charge in [0.05, 0.1) is 26.6 Å². The number of carbonyl (C=O) groups is 3. The zero-order chi connectivity index (χ0) is 17.2. The molecule has 1 aliphatic rings. The molecule has 0 radical (unpaired) electrons. The number of esters is 2. The Morgan fingerprint density at radius 3 is 2.39 bits per heavy atom. The van der Waals surface area contributed by atoms with Gasteiger partial charge in [-0.15, -0.1) is 0 Å². The highest BCUT2D eigenvalue weighted by molar-refractivity contribution is 5.97. The Kier molecular flexibility index (Phi) is 7.80. The third kappa shape index (κ3) is 6.10. The summed E-state index contributed by atoms with van der Waals surface area (Å²) >= 11 is 0. The fraction of sp³-hybridized carbons (Fsp3) is 0.471. The molecule has 0 bridgehead atoms. The van der Waals surface area contributed by atoms with Crippen molar-refractivity contribution in [1.29, 1.82) is 0 Å². The molecule has 6 nitrogen and oxygen atoms in total. The summed E-state index contributed by atoms with van der Waals surface area (Å²) in [6.07, 6.45) is 2.14. The van der Waals surface area contributed by atoms with Crippen LogP contribution in [0.25, 0.3) is 0 Å². The van der Waals surface area contributed by atoms with Gasteiger partial charge in [0.2, 0.25) is 5.91 Å². The van der Waals surface area contributed by atoms with Crippen molar-refractivity contribution in [2.75, 3.05) is 19.5 Å². The van der Waals surface area contributed by atoms with E-state index in [1.165, 1.54) is 14.2 Å². The number of para-hydroxylation sites is 1. The lowest BCUT2D eigenvalue weighted by Crippen LogP contribution is -2.31. The molecule has 1 heterocycles. The van der Waals surface area contributed by atoms with Crippen molar-refractivity contribution >= 4 is 23.5 Å². The second-order valence-corrected chi connectivity index (χ2v) is 5.15. The predicted molar refractivity (Wildman–Crippen MR) is 85.8 cm³/mol. The van der Waals surface area contributed by atoms with E-state index in [-0.39, 0.29) is 30.2 Å². The van der Waals surface area contributed by atoms with Gasteiger partial charge in [-0.1, -0.05) is 25.1 Å². The summed E-state index contributed by atoms with van der Waals surface area (Å²) in [6, 6.07) is 7.62. The standard InChI is InChI=1S/C12H13NO3.C5H10O2/c1-16-11(14)7-9-6-8-4-2-3-5-10(8)13-12(9)15;1-3-4-5(6)7-2/h2-5,9H,6-7H2,1H3,(H,13,15);3-4H2,1-2H3. The molecule has 0 aromatic heterocycles. The normalized spacial score (nSPS) is 15.4. The number of carbonyl (C=O) groups excluding carboxylic acids is 3. The molecule has 6 heteroatoms. The van der Waals surface area contributed by atoms with Crippen molar-refractivity contribution in [3.8, 4) is 0 Å². The maximum Gasteiger partial charge on any atom is 0.306 e. The fourth-order valence-corrected chi connectivity index (χ4v) is 2.17. The SMILES string of the molecule is CCCC(=O)OC.COC(=O)CC1Cc2ccccc2NC1=O. The van der Waals surface area contributed by atoms with Gasteiger partial charge in [-0.05, 0) is 24.5 Å². The maximum absolute atomic E-state index is 11.7. The van der Waals surface area contributed by atoms with Crippen molar-refractivity contribution in [2.45, 2.75) is 32.6 Å². The summed E-state index contributed by atoms with van der Waals surface area (Å²) in [6.45, 7) is 1.94. The molecule has 2 rings (SSSR count). The highest BCUT2D eigenvalue weighted by Crippen LogP contribution is 2.26. The van der Waals surface area contributed by atoms with E-state index in [0.29, 0.717) is 12.8 Å². The largest absolute Gasteiger partial charge is 0.469 e. The molecule has 126 valence electrons. The number of benzene rings is 1. The second kappa shape index (κ2) is 9.61. The minimum atomic E-state index is -0.348. The van der Waals surface area contributed by atoms with E-state index in [1.807, 2.05) is 31.2 Å². The Hall–Kier alpha value is -2.37. The van der Waals surface area contributed by atoms with Crippen LogP contribution in [0.3, 0.4) is 0 Å². The molecule has 0 saturated carbocycles. The number of methoxy groups -OCH3 is 2. The van der Waals surface area contributed by atoms with Gasteiger partial charge < -0.3 is 14.8 Å². The molecule has 0 aliphatic carbocycles. The summed E-state index contributed by atoms with van der Waals surface area (Å²) in [5.41, 5.74) is 1.91. The third-order valence-electron chi connectivity index (χ3n) is 3.43. The minimum Gasteiger partial charge on any atom is -0.469 e. The first kappa shape index (κ1) is 18.7. The number of rotatable bonds is 4. The minimum absolute atomic E-state index is 0.107. The van der Waals surface area contributed by atoms with Gasteiger partial charge in [-0.2, -0.15) is 0 Å². The van der Waals surface area contributed by atoms with Crippen molar-refractivity contribution in [3.05, 3.63) is 29.8 Å². The van der Waals surface area contributed by atoms with Crippen LogP contribution in [-0.2, 0) is 30.3 Å².